The molecule has 1 aliphatic rings. The van der Waals surface area contributed by atoms with Crippen molar-refractivity contribution in [1.29, 1.82) is 0 Å². The van der Waals surface area contributed by atoms with Crippen LogP contribution in [0.15, 0.2) is 42.6 Å². The summed E-state index contributed by atoms with van der Waals surface area (Å²) in [6, 6.07) is 13.7. The quantitative estimate of drug-likeness (QED) is 0.426. The van der Waals surface area contributed by atoms with Crippen molar-refractivity contribution in [2.75, 3.05) is 17.6 Å². The highest BCUT2D eigenvalue weighted by atomic mass is 32.2. The van der Waals surface area contributed by atoms with Gasteiger partial charge in [-0.1, -0.05) is 57.0 Å². The summed E-state index contributed by atoms with van der Waals surface area (Å²) in [5.74, 6) is 3.51. The van der Waals surface area contributed by atoms with E-state index in [-0.39, 0.29) is 0 Å². The molecule has 3 rings (SSSR count). The first-order valence-corrected chi connectivity index (χ1v) is 11.3. The lowest BCUT2D eigenvalue weighted by Crippen LogP contribution is -2.29. The first-order valence-electron chi connectivity index (χ1n) is 10.3. The Morgan fingerprint density at radius 2 is 1.89 bits per heavy atom. The number of benzene rings is 1. The maximum absolute atomic E-state index is 4.68. The van der Waals surface area contributed by atoms with E-state index in [2.05, 4.69) is 72.2 Å². The highest BCUT2D eigenvalue weighted by molar-refractivity contribution is 7.97. The third-order valence-corrected chi connectivity index (χ3v) is 6.13. The molecule has 0 amide bonds. The molecule has 3 nitrogen and oxygen atoms in total. The van der Waals surface area contributed by atoms with Gasteiger partial charge in [-0.2, -0.15) is 0 Å². The third kappa shape index (κ3) is 5.98. The van der Waals surface area contributed by atoms with E-state index in [1.165, 1.54) is 42.4 Å². The Morgan fingerprint density at radius 1 is 1.07 bits per heavy atom. The SMILES string of the molecule is CCSNCC1CCC(Nc2ccc(-c3cccc(C(C)C)c3)cn2)CC1. The van der Waals surface area contributed by atoms with E-state index in [1.807, 2.05) is 18.1 Å². The summed E-state index contributed by atoms with van der Waals surface area (Å²) in [4.78, 5) is 4.68. The molecule has 1 aromatic heterocycles. The Labute approximate surface area is 168 Å². The standard InChI is InChI=1S/C23H33N3S/c1-4-27-25-15-18-8-11-22(12-9-18)26-23-13-10-21(16-24-23)20-7-5-6-19(14-20)17(2)3/h5-7,10,13-14,16-18,22,25H,4,8-9,11-12,15H2,1-3H3,(H,24,26). The Balaban J connectivity index is 1.52. The van der Waals surface area contributed by atoms with Gasteiger partial charge in [0.05, 0.1) is 0 Å². The molecule has 1 aliphatic carbocycles. The van der Waals surface area contributed by atoms with Gasteiger partial charge < -0.3 is 5.32 Å². The van der Waals surface area contributed by atoms with E-state index in [1.54, 1.807) is 0 Å². The molecule has 0 radical (unpaired) electrons. The second-order valence-corrected chi connectivity index (χ2v) is 9.01. The fraction of sp³-hybridized carbons (Fsp3) is 0.522. The van der Waals surface area contributed by atoms with Crippen molar-refractivity contribution in [2.24, 2.45) is 5.92 Å². The lowest BCUT2D eigenvalue weighted by Gasteiger charge is -2.29. The predicted octanol–water partition coefficient (Wildman–Crippen LogP) is 6.10. The van der Waals surface area contributed by atoms with Gasteiger partial charge in [-0.25, -0.2) is 4.98 Å². The Morgan fingerprint density at radius 3 is 2.56 bits per heavy atom. The summed E-state index contributed by atoms with van der Waals surface area (Å²) in [6.45, 7) is 7.81. The van der Waals surface area contributed by atoms with Crippen LogP contribution >= 0.6 is 11.9 Å². The molecule has 1 heterocycles. The summed E-state index contributed by atoms with van der Waals surface area (Å²) in [5.41, 5.74) is 3.81. The topological polar surface area (TPSA) is 37.0 Å². The predicted molar refractivity (Wildman–Crippen MR) is 119 cm³/mol. The summed E-state index contributed by atoms with van der Waals surface area (Å²) in [5, 5.41) is 3.64. The summed E-state index contributed by atoms with van der Waals surface area (Å²) in [6.07, 6.45) is 7.08. The van der Waals surface area contributed by atoms with Crippen LogP contribution in [0.25, 0.3) is 11.1 Å². The van der Waals surface area contributed by atoms with E-state index in [0.717, 1.165) is 24.0 Å². The minimum absolute atomic E-state index is 0.546. The van der Waals surface area contributed by atoms with Gasteiger partial charge in [-0.3, -0.25) is 4.72 Å². The van der Waals surface area contributed by atoms with Crippen LogP contribution in [0.2, 0.25) is 0 Å². The first kappa shape index (κ1) is 20.2. The summed E-state index contributed by atoms with van der Waals surface area (Å²) < 4.78 is 3.49. The molecular weight excluding hydrogens is 350 g/mol. The van der Waals surface area contributed by atoms with Gasteiger partial charge in [-0.05, 0) is 60.8 Å². The maximum Gasteiger partial charge on any atom is 0.126 e. The van der Waals surface area contributed by atoms with Gasteiger partial charge in [0, 0.05) is 30.1 Å². The Hall–Kier alpha value is -1.52. The number of nitrogens with zero attached hydrogens (tertiary/aromatic N) is 1. The minimum atomic E-state index is 0.546. The minimum Gasteiger partial charge on any atom is -0.367 e. The van der Waals surface area contributed by atoms with Crippen LogP contribution in [0.1, 0.15) is 57.9 Å². The van der Waals surface area contributed by atoms with Crippen LogP contribution in [0.4, 0.5) is 5.82 Å². The van der Waals surface area contributed by atoms with Gasteiger partial charge in [0.1, 0.15) is 5.82 Å². The fourth-order valence-electron chi connectivity index (χ4n) is 3.73. The van der Waals surface area contributed by atoms with Crippen LogP contribution in [0.3, 0.4) is 0 Å². The smallest absolute Gasteiger partial charge is 0.126 e. The van der Waals surface area contributed by atoms with Crippen LogP contribution in [0, 0.1) is 5.92 Å². The van der Waals surface area contributed by atoms with E-state index >= 15 is 0 Å². The molecular formula is C23H33N3S. The van der Waals surface area contributed by atoms with Gasteiger partial charge >= 0.3 is 0 Å². The zero-order valence-corrected chi connectivity index (χ0v) is 17.7. The van der Waals surface area contributed by atoms with Crippen LogP contribution in [-0.4, -0.2) is 23.3 Å². The highest BCUT2D eigenvalue weighted by Gasteiger charge is 2.21. The average molecular weight is 384 g/mol. The maximum atomic E-state index is 4.68. The average Bonchev–Trinajstić information content (AvgIpc) is 2.70. The zero-order chi connectivity index (χ0) is 19.1. The summed E-state index contributed by atoms with van der Waals surface area (Å²) in [7, 11) is 0. The molecule has 0 aliphatic heterocycles. The van der Waals surface area contributed by atoms with Crippen LogP contribution in [0.5, 0.6) is 0 Å². The molecule has 0 spiro atoms. The van der Waals surface area contributed by atoms with Crippen molar-refractivity contribution < 1.29 is 0 Å². The Kier molecular flexibility index (Phi) is 7.59. The second kappa shape index (κ2) is 10.1. The largest absolute Gasteiger partial charge is 0.367 e. The molecule has 2 N–H and O–H groups in total. The zero-order valence-electron chi connectivity index (χ0n) is 16.9. The number of rotatable bonds is 8. The molecule has 4 heteroatoms. The third-order valence-electron chi connectivity index (χ3n) is 5.47. The summed E-state index contributed by atoms with van der Waals surface area (Å²) >= 11 is 1.83. The van der Waals surface area contributed by atoms with Gasteiger partial charge in [0.2, 0.25) is 0 Å². The molecule has 1 aromatic carbocycles. The van der Waals surface area contributed by atoms with Gasteiger partial charge in [0.25, 0.3) is 0 Å². The normalized spacial score (nSPS) is 20.0. The van der Waals surface area contributed by atoms with Crippen LogP contribution < -0.4 is 10.0 Å². The molecule has 1 saturated carbocycles. The van der Waals surface area contributed by atoms with Crippen molar-refractivity contribution in [1.82, 2.24) is 9.71 Å². The van der Waals surface area contributed by atoms with Crippen molar-refractivity contribution in [3.05, 3.63) is 48.2 Å². The lowest BCUT2D eigenvalue weighted by atomic mass is 9.86. The number of hydrogen-bond acceptors (Lipinski definition) is 4. The van der Waals surface area contributed by atoms with E-state index in [0.29, 0.717) is 12.0 Å². The first-order chi connectivity index (χ1) is 13.2. The number of hydrogen-bond donors (Lipinski definition) is 2. The van der Waals surface area contributed by atoms with Gasteiger partial charge in [0.15, 0.2) is 0 Å². The molecule has 0 saturated heterocycles. The van der Waals surface area contributed by atoms with Crippen LogP contribution in [-0.2, 0) is 0 Å². The number of pyridine rings is 1. The van der Waals surface area contributed by atoms with Crippen molar-refractivity contribution >= 4 is 17.8 Å². The van der Waals surface area contributed by atoms with E-state index in [4.69, 9.17) is 0 Å². The molecule has 0 atom stereocenters. The molecule has 146 valence electrons. The van der Waals surface area contributed by atoms with Crippen molar-refractivity contribution in [3.63, 3.8) is 0 Å². The molecule has 0 unspecified atom stereocenters. The van der Waals surface area contributed by atoms with E-state index in [9.17, 15) is 0 Å². The van der Waals surface area contributed by atoms with Gasteiger partial charge in [-0.15, -0.1) is 0 Å². The van der Waals surface area contributed by atoms with E-state index < -0.39 is 0 Å². The monoisotopic (exact) mass is 383 g/mol. The Bertz CT molecular complexity index is 691. The molecule has 27 heavy (non-hydrogen) atoms. The van der Waals surface area contributed by atoms with Crippen molar-refractivity contribution in [3.8, 4) is 11.1 Å². The number of nitrogens with one attached hydrogen (secondary N) is 2. The molecule has 0 bridgehead atoms. The number of aromatic nitrogens is 1. The highest BCUT2D eigenvalue weighted by Crippen LogP contribution is 2.27. The molecule has 1 fully saturated rings. The van der Waals surface area contributed by atoms with Crippen molar-refractivity contribution in [2.45, 2.75) is 58.4 Å². The lowest BCUT2D eigenvalue weighted by molar-refractivity contribution is 0.339. The second-order valence-electron chi connectivity index (χ2n) is 7.86. The fourth-order valence-corrected chi connectivity index (χ4v) is 4.28. The number of anilines is 1. The molecule has 2 aromatic rings.